The van der Waals surface area contributed by atoms with Gasteiger partial charge in [0.15, 0.2) is 3.92 Å². The molecule has 3 rings (SSSR count). The summed E-state index contributed by atoms with van der Waals surface area (Å²) in [5.41, 5.74) is 0.759. The number of methoxy groups -OCH3 is 2. The fourth-order valence-corrected chi connectivity index (χ4v) is 5.27. The van der Waals surface area contributed by atoms with Crippen LogP contribution < -0.4 is 14.4 Å². The van der Waals surface area contributed by atoms with Crippen molar-refractivity contribution in [2.24, 2.45) is 0 Å². The van der Waals surface area contributed by atoms with E-state index in [-0.39, 0.29) is 18.1 Å². The van der Waals surface area contributed by atoms with Crippen LogP contribution in [0.25, 0.3) is 0 Å². The first kappa shape index (κ1) is 23.8. The van der Waals surface area contributed by atoms with Crippen LogP contribution in [0.5, 0.6) is 11.5 Å². The number of rotatable bonds is 6. The molecule has 0 bridgehead atoms. The number of benzene rings is 1. The zero-order chi connectivity index (χ0) is 22.8. The highest BCUT2D eigenvalue weighted by molar-refractivity contribution is 9.11. The third-order valence-corrected chi connectivity index (χ3v) is 6.48. The van der Waals surface area contributed by atoms with Gasteiger partial charge >= 0.3 is 6.18 Å². The Bertz CT molecular complexity index is 916. The van der Waals surface area contributed by atoms with Gasteiger partial charge in [0.2, 0.25) is 0 Å². The fourth-order valence-electron chi connectivity index (χ4n) is 3.74. The molecule has 0 radical (unpaired) electrons. The summed E-state index contributed by atoms with van der Waals surface area (Å²) in [5.74, 6) is 0.589. The SMILES string of the molecule is COc1cc(OC)cc(N(C(=O)c2nc(Br)sc2C)[C@@H]2CCCN(CC(F)(F)F)C2)c1. The molecule has 31 heavy (non-hydrogen) atoms. The van der Waals surface area contributed by atoms with Crippen molar-refractivity contribution in [3.8, 4) is 11.5 Å². The van der Waals surface area contributed by atoms with E-state index in [0.717, 1.165) is 4.88 Å². The molecule has 11 heteroatoms. The Morgan fingerprint density at radius 1 is 1.29 bits per heavy atom. The van der Waals surface area contributed by atoms with E-state index in [1.165, 1.54) is 35.4 Å². The number of aryl methyl sites for hydroxylation is 1. The summed E-state index contributed by atoms with van der Waals surface area (Å²) in [7, 11) is 3.00. The van der Waals surface area contributed by atoms with Crippen molar-refractivity contribution in [3.63, 3.8) is 0 Å². The smallest absolute Gasteiger partial charge is 0.401 e. The van der Waals surface area contributed by atoms with Crippen LogP contribution in [0, 0.1) is 6.92 Å². The Kier molecular flexibility index (Phi) is 7.48. The molecule has 1 saturated heterocycles. The normalized spacial score (nSPS) is 17.5. The van der Waals surface area contributed by atoms with Crippen molar-refractivity contribution in [2.75, 3.05) is 38.8 Å². The molecule has 6 nitrogen and oxygen atoms in total. The highest BCUT2D eigenvalue weighted by Gasteiger charge is 2.37. The van der Waals surface area contributed by atoms with Crippen molar-refractivity contribution < 1.29 is 27.4 Å². The molecular weight excluding hydrogens is 499 g/mol. The second-order valence-electron chi connectivity index (χ2n) is 7.26. The van der Waals surface area contributed by atoms with Gasteiger partial charge in [-0.3, -0.25) is 9.69 Å². The van der Waals surface area contributed by atoms with E-state index in [1.807, 2.05) is 0 Å². The number of likely N-dealkylation sites (tertiary alicyclic amines) is 1. The minimum absolute atomic E-state index is 0.106. The van der Waals surface area contributed by atoms with Crippen LogP contribution in [0.1, 0.15) is 28.2 Å². The predicted molar refractivity (Wildman–Crippen MR) is 116 cm³/mol. The Morgan fingerprint density at radius 3 is 2.45 bits per heavy atom. The number of anilines is 1. The number of ether oxygens (including phenoxy) is 2. The summed E-state index contributed by atoms with van der Waals surface area (Å²) >= 11 is 4.63. The molecule has 2 heterocycles. The summed E-state index contributed by atoms with van der Waals surface area (Å²) in [6.45, 7) is 1.22. The van der Waals surface area contributed by atoms with E-state index in [1.54, 1.807) is 25.1 Å². The van der Waals surface area contributed by atoms with Gasteiger partial charge in [-0.25, -0.2) is 4.98 Å². The van der Waals surface area contributed by atoms with Crippen LogP contribution in [0.3, 0.4) is 0 Å². The second-order valence-corrected chi connectivity index (χ2v) is 9.74. The molecule has 170 valence electrons. The fraction of sp³-hybridized carbons (Fsp3) is 0.500. The molecule has 0 aliphatic carbocycles. The average Bonchev–Trinajstić information content (AvgIpc) is 3.04. The third-order valence-electron chi connectivity index (χ3n) is 5.05. The van der Waals surface area contributed by atoms with Crippen molar-refractivity contribution in [3.05, 3.63) is 32.7 Å². The summed E-state index contributed by atoms with van der Waals surface area (Å²) in [5, 5.41) is 0. The topological polar surface area (TPSA) is 54.9 Å². The van der Waals surface area contributed by atoms with Crippen molar-refractivity contribution in [1.82, 2.24) is 9.88 Å². The lowest BCUT2D eigenvalue weighted by Gasteiger charge is -2.39. The van der Waals surface area contributed by atoms with Crippen molar-refractivity contribution in [2.45, 2.75) is 32.0 Å². The van der Waals surface area contributed by atoms with Crippen molar-refractivity contribution in [1.29, 1.82) is 0 Å². The lowest BCUT2D eigenvalue weighted by Crippen LogP contribution is -2.52. The minimum atomic E-state index is -4.30. The summed E-state index contributed by atoms with van der Waals surface area (Å²) in [6.07, 6.45) is -3.18. The van der Waals surface area contributed by atoms with E-state index >= 15 is 0 Å². The minimum Gasteiger partial charge on any atom is -0.497 e. The number of nitrogens with zero attached hydrogens (tertiary/aromatic N) is 3. The lowest BCUT2D eigenvalue weighted by molar-refractivity contribution is -0.148. The van der Waals surface area contributed by atoms with Gasteiger partial charge < -0.3 is 14.4 Å². The maximum absolute atomic E-state index is 13.6. The molecular formula is C20H23BrF3N3O3S. The number of hydrogen-bond acceptors (Lipinski definition) is 6. The van der Waals surface area contributed by atoms with Gasteiger partial charge in [0.25, 0.3) is 5.91 Å². The standard InChI is InChI=1S/C20H23BrF3N3O3S/c1-12-17(25-19(21)31-12)18(28)27(14-7-15(29-2)9-16(8-14)30-3)13-5-4-6-26(10-13)11-20(22,23)24/h7-9,13H,4-6,10-11H2,1-3H3/t13-/m1/s1. The van der Waals surface area contributed by atoms with E-state index in [9.17, 15) is 18.0 Å². The van der Waals surface area contributed by atoms with Crippen LogP contribution in [-0.2, 0) is 0 Å². The number of alkyl halides is 3. The van der Waals surface area contributed by atoms with Crippen LogP contribution in [0.2, 0.25) is 0 Å². The molecule has 1 aromatic heterocycles. The van der Waals surface area contributed by atoms with Gasteiger partial charge in [-0.1, -0.05) is 0 Å². The number of halogens is 4. The van der Waals surface area contributed by atoms with E-state index < -0.39 is 18.8 Å². The van der Waals surface area contributed by atoms with Crippen LogP contribution in [-0.4, -0.2) is 61.9 Å². The Morgan fingerprint density at radius 2 is 1.94 bits per heavy atom. The average molecular weight is 522 g/mol. The summed E-state index contributed by atoms with van der Waals surface area (Å²) in [6, 6.07) is 4.58. The van der Waals surface area contributed by atoms with E-state index in [2.05, 4.69) is 20.9 Å². The summed E-state index contributed by atoms with van der Waals surface area (Å²) < 4.78 is 50.2. The van der Waals surface area contributed by atoms with Gasteiger partial charge in [-0.2, -0.15) is 13.2 Å². The molecule has 1 aliphatic rings. The lowest BCUT2D eigenvalue weighted by atomic mass is 10.0. The zero-order valence-electron chi connectivity index (χ0n) is 17.3. The predicted octanol–water partition coefficient (Wildman–Crippen LogP) is 4.90. The Hall–Kier alpha value is -1.85. The molecule has 1 amide bonds. The maximum atomic E-state index is 13.6. The highest BCUT2D eigenvalue weighted by Crippen LogP contribution is 2.34. The highest BCUT2D eigenvalue weighted by atomic mass is 79.9. The number of hydrogen-bond donors (Lipinski definition) is 0. The zero-order valence-corrected chi connectivity index (χ0v) is 19.7. The number of piperidine rings is 1. The van der Waals surface area contributed by atoms with Crippen LogP contribution in [0.15, 0.2) is 22.1 Å². The first-order valence-electron chi connectivity index (χ1n) is 9.60. The summed E-state index contributed by atoms with van der Waals surface area (Å²) in [4.78, 5) is 21.5. The number of thiazole rings is 1. The molecule has 0 N–H and O–H groups in total. The first-order chi connectivity index (χ1) is 14.6. The third kappa shape index (κ3) is 5.89. The van der Waals surface area contributed by atoms with Gasteiger partial charge in [-0.15, -0.1) is 11.3 Å². The molecule has 0 spiro atoms. The number of carbonyl (C=O) groups excluding carboxylic acids is 1. The molecule has 1 aliphatic heterocycles. The maximum Gasteiger partial charge on any atom is 0.401 e. The second kappa shape index (κ2) is 9.74. The number of aromatic nitrogens is 1. The molecule has 0 saturated carbocycles. The quantitative estimate of drug-likeness (QED) is 0.540. The Balaban J connectivity index is 2.02. The Labute approximate surface area is 191 Å². The first-order valence-corrected chi connectivity index (χ1v) is 11.2. The molecule has 1 fully saturated rings. The largest absolute Gasteiger partial charge is 0.497 e. The van der Waals surface area contributed by atoms with Gasteiger partial charge in [0.1, 0.15) is 17.2 Å². The van der Waals surface area contributed by atoms with Gasteiger partial charge in [0, 0.05) is 29.6 Å². The van der Waals surface area contributed by atoms with Crippen LogP contribution in [0.4, 0.5) is 18.9 Å². The number of amides is 1. The van der Waals surface area contributed by atoms with Gasteiger partial charge in [-0.05, 0) is 42.2 Å². The number of carbonyl (C=O) groups is 1. The molecule has 2 aromatic rings. The molecule has 0 unspecified atom stereocenters. The molecule has 1 aromatic carbocycles. The monoisotopic (exact) mass is 521 g/mol. The van der Waals surface area contributed by atoms with E-state index in [0.29, 0.717) is 40.5 Å². The van der Waals surface area contributed by atoms with Gasteiger partial charge in [0.05, 0.1) is 32.5 Å². The van der Waals surface area contributed by atoms with Crippen molar-refractivity contribution >= 4 is 38.9 Å². The van der Waals surface area contributed by atoms with Crippen LogP contribution >= 0.6 is 27.3 Å². The molecule has 1 atom stereocenters. The van der Waals surface area contributed by atoms with E-state index in [4.69, 9.17) is 9.47 Å².